The monoisotopic (exact) mass is 391 g/mol. The van der Waals surface area contributed by atoms with Gasteiger partial charge in [0.05, 0.1) is 0 Å². The minimum Gasteiger partial charge on any atom is -0.356 e. The predicted molar refractivity (Wildman–Crippen MR) is 104 cm³/mol. The summed E-state index contributed by atoms with van der Waals surface area (Å²) in [6, 6.07) is 2.09. The van der Waals surface area contributed by atoms with Crippen molar-refractivity contribution in [2.75, 3.05) is 49.1 Å². The molecule has 0 aliphatic carbocycles. The van der Waals surface area contributed by atoms with Crippen LogP contribution in [-0.4, -0.2) is 63.9 Å². The fourth-order valence-corrected chi connectivity index (χ4v) is 4.04. The van der Waals surface area contributed by atoms with Crippen LogP contribution in [0, 0.1) is 6.92 Å². The van der Waals surface area contributed by atoms with Crippen LogP contribution in [0.4, 0.5) is 20.4 Å². The van der Waals surface area contributed by atoms with Crippen molar-refractivity contribution in [2.24, 2.45) is 7.05 Å². The number of aryl methyl sites for hydroxylation is 2. The van der Waals surface area contributed by atoms with Gasteiger partial charge in [0.25, 0.3) is 6.43 Å². The molecule has 0 aromatic carbocycles. The zero-order valence-electron chi connectivity index (χ0n) is 16.5. The molecule has 9 heteroatoms. The van der Waals surface area contributed by atoms with Gasteiger partial charge in [-0.05, 0) is 19.8 Å². The maximum Gasteiger partial charge on any atom is 0.282 e. The molecule has 0 spiro atoms. The van der Waals surface area contributed by atoms with Crippen molar-refractivity contribution in [3.05, 3.63) is 29.3 Å². The van der Waals surface area contributed by atoms with Gasteiger partial charge in [0, 0.05) is 70.7 Å². The average molecular weight is 391 g/mol. The van der Waals surface area contributed by atoms with Gasteiger partial charge in [0.2, 0.25) is 0 Å². The van der Waals surface area contributed by atoms with Crippen LogP contribution in [-0.2, 0) is 13.6 Å². The highest BCUT2D eigenvalue weighted by Crippen LogP contribution is 2.25. The summed E-state index contributed by atoms with van der Waals surface area (Å²) in [6.45, 7) is 7.80. The Bertz CT molecular complexity index is 809. The van der Waals surface area contributed by atoms with E-state index in [-0.39, 0.29) is 5.69 Å². The molecule has 7 nitrogen and oxygen atoms in total. The number of nitrogens with zero attached hydrogens (tertiary/aromatic N) is 7. The van der Waals surface area contributed by atoms with Crippen LogP contribution in [0.3, 0.4) is 0 Å². The highest BCUT2D eigenvalue weighted by Gasteiger charge is 2.24. The van der Waals surface area contributed by atoms with Crippen LogP contribution < -0.4 is 9.80 Å². The van der Waals surface area contributed by atoms with Crippen molar-refractivity contribution in [3.63, 3.8) is 0 Å². The van der Waals surface area contributed by atoms with Crippen molar-refractivity contribution in [3.8, 4) is 0 Å². The Balaban J connectivity index is 1.40. The maximum atomic E-state index is 13.2. The van der Waals surface area contributed by atoms with Crippen LogP contribution in [0.15, 0.2) is 12.3 Å². The third-order valence-corrected chi connectivity index (χ3v) is 5.48. The molecular formula is C19H27F2N7. The Kier molecular flexibility index (Phi) is 5.43. The molecule has 0 amide bonds. The third kappa shape index (κ3) is 4.09. The predicted octanol–water partition coefficient (Wildman–Crippen LogP) is 2.38. The van der Waals surface area contributed by atoms with Crippen LogP contribution >= 0.6 is 0 Å². The topological polar surface area (TPSA) is 53.3 Å². The van der Waals surface area contributed by atoms with Gasteiger partial charge in [-0.2, -0.15) is 5.10 Å². The first-order chi connectivity index (χ1) is 13.5. The van der Waals surface area contributed by atoms with E-state index in [0.717, 1.165) is 56.7 Å². The smallest absolute Gasteiger partial charge is 0.282 e. The second kappa shape index (κ2) is 7.98. The molecule has 0 saturated carbocycles. The van der Waals surface area contributed by atoms with E-state index in [1.165, 1.54) is 17.5 Å². The molecule has 4 heterocycles. The number of hydrogen-bond donors (Lipinski definition) is 0. The molecule has 0 bridgehead atoms. The van der Waals surface area contributed by atoms with Gasteiger partial charge in [0.15, 0.2) is 0 Å². The average Bonchev–Trinajstić information content (AvgIpc) is 3.32. The van der Waals surface area contributed by atoms with E-state index in [2.05, 4.69) is 35.8 Å². The molecule has 2 aromatic rings. The summed E-state index contributed by atoms with van der Waals surface area (Å²) in [7, 11) is 1.68. The van der Waals surface area contributed by atoms with Crippen molar-refractivity contribution in [1.29, 1.82) is 0 Å². The summed E-state index contributed by atoms with van der Waals surface area (Å²) in [5, 5.41) is 3.90. The fourth-order valence-electron chi connectivity index (χ4n) is 4.04. The van der Waals surface area contributed by atoms with Crippen LogP contribution in [0.1, 0.15) is 36.3 Å². The van der Waals surface area contributed by atoms with E-state index in [4.69, 9.17) is 0 Å². The number of aromatic nitrogens is 4. The minimum absolute atomic E-state index is 0.105. The SMILES string of the molecule is Cc1nc(N2CCCC2)cc(N2CCN(Cc3cn(C)nc3C(F)F)CC2)n1. The van der Waals surface area contributed by atoms with E-state index >= 15 is 0 Å². The second-order valence-electron chi connectivity index (χ2n) is 7.60. The summed E-state index contributed by atoms with van der Waals surface area (Å²) in [5.41, 5.74) is 0.506. The molecule has 152 valence electrons. The molecule has 0 N–H and O–H groups in total. The summed E-state index contributed by atoms with van der Waals surface area (Å²) < 4.78 is 27.8. The number of halogens is 2. The van der Waals surface area contributed by atoms with Crippen molar-refractivity contribution >= 4 is 11.6 Å². The van der Waals surface area contributed by atoms with E-state index in [9.17, 15) is 8.78 Å². The fraction of sp³-hybridized carbons (Fsp3) is 0.632. The molecule has 2 saturated heterocycles. The first-order valence-corrected chi connectivity index (χ1v) is 9.88. The number of hydrogen-bond acceptors (Lipinski definition) is 6. The van der Waals surface area contributed by atoms with Crippen molar-refractivity contribution < 1.29 is 8.78 Å². The zero-order valence-corrected chi connectivity index (χ0v) is 16.5. The molecule has 4 rings (SSSR count). The van der Waals surface area contributed by atoms with Crippen molar-refractivity contribution in [2.45, 2.75) is 32.7 Å². The number of rotatable bonds is 5. The third-order valence-electron chi connectivity index (χ3n) is 5.48. The van der Waals surface area contributed by atoms with Gasteiger partial charge in [-0.3, -0.25) is 9.58 Å². The standard InChI is InChI=1S/C19H27F2N7/c1-14-22-16(27-5-3-4-6-27)11-17(23-14)28-9-7-26(8-10-28)13-15-12-25(2)24-18(15)19(20)21/h11-12,19H,3-10,13H2,1-2H3. The second-order valence-corrected chi connectivity index (χ2v) is 7.60. The van der Waals surface area contributed by atoms with Crippen LogP contribution in [0.25, 0.3) is 0 Å². The summed E-state index contributed by atoms with van der Waals surface area (Å²) >= 11 is 0. The normalized spacial score (nSPS) is 18.5. The number of piperazine rings is 1. The Hall–Kier alpha value is -2.29. The Morgan fingerprint density at radius 2 is 1.57 bits per heavy atom. The van der Waals surface area contributed by atoms with E-state index in [0.29, 0.717) is 12.1 Å². The van der Waals surface area contributed by atoms with E-state index < -0.39 is 6.43 Å². The Morgan fingerprint density at radius 3 is 2.18 bits per heavy atom. The van der Waals surface area contributed by atoms with Crippen molar-refractivity contribution in [1.82, 2.24) is 24.6 Å². The minimum atomic E-state index is -2.54. The first-order valence-electron chi connectivity index (χ1n) is 9.88. The van der Waals surface area contributed by atoms with Gasteiger partial charge in [0.1, 0.15) is 23.2 Å². The quantitative estimate of drug-likeness (QED) is 0.780. The molecule has 2 aromatic heterocycles. The first kappa shape index (κ1) is 19.0. The lowest BCUT2D eigenvalue weighted by Gasteiger charge is -2.35. The van der Waals surface area contributed by atoms with E-state index in [1.54, 1.807) is 13.2 Å². The Morgan fingerprint density at radius 1 is 0.964 bits per heavy atom. The highest BCUT2D eigenvalue weighted by molar-refractivity contribution is 5.51. The lowest BCUT2D eigenvalue weighted by Crippen LogP contribution is -2.46. The Labute approximate surface area is 164 Å². The molecule has 2 aliphatic heterocycles. The largest absolute Gasteiger partial charge is 0.356 e. The van der Waals surface area contributed by atoms with E-state index in [1.807, 2.05) is 6.92 Å². The van der Waals surface area contributed by atoms with Gasteiger partial charge in [-0.15, -0.1) is 0 Å². The van der Waals surface area contributed by atoms with Gasteiger partial charge >= 0.3 is 0 Å². The maximum absolute atomic E-state index is 13.2. The number of alkyl halides is 2. The molecule has 0 unspecified atom stereocenters. The summed E-state index contributed by atoms with van der Waals surface area (Å²) in [5.74, 6) is 2.77. The molecular weight excluding hydrogens is 364 g/mol. The van der Waals surface area contributed by atoms with Crippen LogP contribution in [0.2, 0.25) is 0 Å². The summed E-state index contributed by atoms with van der Waals surface area (Å²) in [6.07, 6.45) is 1.59. The number of anilines is 2. The lowest BCUT2D eigenvalue weighted by atomic mass is 10.2. The highest BCUT2D eigenvalue weighted by atomic mass is 19.3. The van der Waals surface area contributed by atoms with Crippen LogP contribution in [0.5, 0.6) is 0 Å². The molecule has 0 atom stereocenters. The molecule has 2 fully saturated rings. The molecule has 0 radical (unpaired) electrons. The molecule has 28 heavy (non-hydrogen) atoms. The zero-order chi connectivity index (χ0) is 19.7. The van der Waals surface area contributed by atoms with Gasteiger partial charge < -0.3 is 9.80 Å². The lowest BCUT2D eigenvalue weighted by molar-refractivity contribution is 0.142. The van der Waals surface area contributed by atoms with Gasteiger partial charge in [-0.1, -0.05) is 0 Å². The van der Waals surface area contributed by atoms with Gasteiger partial charge in [-0.25, -0.2) is 18.7 Å². The summed E-state index contributed by atoms with van der Waals surface area (Å²) in [4.78, 5) is 16.0. The molecule has 2 aliphatic rings.